The number of anilines is 1. The van der Waals surface area contributed by atoms with Gasteiger partial charge in [0.05, 0.1) is 6.10 Å². The van der Waals surface area contributed by atoms with Crippen LogP contribution in [0.15, 0.2) is 48.5 Å². The Morgan fingerprint density at radius 2 is 1.87 bits per heavy atom. The number of benzene rings is 3. The quantitative estimate of drug-likeness (QED) is 0.362. The highest BCUT2D eigenvalue weighted by Gasteiger charge is 2.31. The van der Waals surface area contributed by atoms with Crippen LogP contribution >= 0.6 is 0 Å². The van der Waals surface area contributed by atoms with Gasteiger partial charge >= 0.3 is 0 Å². The summed E-state index contributed by atoms with van der Waals surface area (Å²) in [6.07, 6.45) is 2.45. The first-order chi connectivity index (χ1) is 18.4. The van der Waals surface area contributed by atoms with E-state index in [1.807, 2.05) is 18.2 Å². The second kappa shape index (κ2) is 11.0. The Balaban J connectivity index is 1.47. The Morgan fingerprint density at radius 3 is 2.58 bits per heavy atom. The molecule has 0 radical (unpaired) electrons. The van der Waals surface area contributed by atoms with E-state index in [1.54, 1.807) is 36.2 Å². The first-order valence-corrected chi connectivity index (χ1v) is 13.0. The van der Waals surface area contributed by atoms with Gasteiger partial charge in [-0.3, -0.25) is 19.7 Å². The molecule has 0 spiro atoms. The van der Waals surface area contributed by atoms with Crippen molar-refractivity contribution < 1.29 is 28.6 Å². The zero-order valence-corrected chi connectivity index (χ0v) is 21.3. The average molecular weight is 519 g/mol. The van der Waals surface area contributed by atoms with Gasteiger partial charge < -0.3 is 14.7 Å². The summed E-state index contributed by atoms with van der Waals surface area (Å²) in [6, 6.07) is 13.5. The largest absolute Gasteiger partial charge is 0.388 e. The fourth-order valence-corrected chi connectivity index (χ4v) is 5.64. The molecule has 5 rings (SSSR count). The molecule has 2 aliphatic rings. The van der Waals surface area contributed by atoms with Gasteiger partial charge in [-0.1, -0.05) is 36.4 Å². The molecule has 2 heterocycles. The molecule has 8 heteroatoms. The van der Waals surface area contributed by atoms with Crippen LogP contribution in [-0.2, 0) is 20.7 Å². The number of imide groups is 1. The van der Waals surface area contributed by atoms with Gasteiger partial charge in [0.15, 0.2) is 6.29 Å². The number of piperidine rings is 1. The molecular formula is C30H31FN2O5. The van der Waals surface area contributed by atoms with Crippen molar-refractivity contribution in [2.45, 2.75) is 44.2 Å². The van der Waals surface area contributed by atoms with Gasteiger partial charge in [0.25, 0.3) is 0 Å². The first-order valence-electron chi connectivity index (χ1n) is 13.0. The molecule has 7 nitrogen and oxygen atoms in total. The Kier molecular flexibility index (Phi) is 7.53. The highest BCUT2D eigenvalue weighted by Crippen LogP contribution is 2.35. The van der Waals surface area contributed by atoms with Crippen LogP contribution in [0.3, 0.4) is 0 Å². The molecule has 2 atom stereocenters. The van der Waals surface area contributed by atoms with E-state index in [2.05, 4.69) is 5.32 Å². The fourth-order valence-electron chi connectivity index (χ4n) is 5.64. The normalized spacial score (nSPS) is 19.3. The lowest BCUT2D eigenvalue weighted by Gasteiger charge is -2.32. The van der Waals surface area contributed by atoms with Gasteiger partial charge in [-0.2, -0.15) is 0 Å². The zero-order chi connectivity index (χ0) is 26.8. The number of nitrogens with one attached hydrogen (secondary N) is 1. The molecular weight excluding hydrogens is 487 g/mol. The van der Waals surface area contributed by atoms with Gasteiger partial charge in [0.2, 0.25) is 11.8 Å². The molecule has 2 saturated heterocycles. The number of ether oxygens (including phenoxy) is 1. The molecule has 2 amide bonds. The summed E-state index contributed by atoms with van der Waals surface area (Å²) in [5.41, 5.74) is 3.04. The maximum absolute atomic E-state index is 15.3. The summed E-state index contributed by atoms with van der Waals surface area (Å²) in [5, 5.41) is 14.6. The van der Waals surface area contributed by atoms with Crippen molar-refractivity contribution in [3.8, 4) is 0 Å². The maximum Gasteiger partial charge on any atom is 0.249 e. The summed E-state index contributed by atoms with van der Waals surface area (Å²) in [6.45, 7) is 1.21. The number of hydrogen-bond donors (Lipinski definition) is 2. The predicted octanol–water partition coefficient (Wildman–Crippen LogP) is 4.08. The highest BCUT2D eigenvalue weighted by molar-refractivity contribution is 6.08. The van der Waals surface area contributed by atoms with Crippen LogP contribution in [0.1, 0.15) is 58.8 Å². The van der Waals surface area contributed by atoms with Crippen molar-refractivity contribution in [2.24, 2.45) is 5.92 Å². The van der Waals surface area contributed by atoms with E-state index in [4.69, 9.17) is 4.74 Å². The van der Waals surface area contributed by atoms with E-state index in [9.17, 15) is 19.5 Å². The SMILES string of the molecule is CN(c1ccc(Cc2ccc(C(O)C3CCOCC3)cc2F)c2cccc(C=O)c12)C1CCC(=O)NC1=O. The lowest BCUT2D eigenvalue weighted by Crippen LogP contribution is -2.51. The standard InChI is InChI=1S/C30H31FN2O5/c1-33(26-9-10-27(35)32-30(26)37)25-8-7-19(23-4-2-3-22(17-34)28(23)25)15-20-5-6-21(16-24(20)31)29(36)18-11-13-38-14-12-18/h2-8,16-18,26,29,36H,9-15H2,1H3,(H,32,35,37). The minimum Gasteiger partial charge on any atom is -0.388 e. The van der Waals surface area contributed by atoms with Crippen molar-refractivity contribution in [3.63, 3.8) is 0 Å². The van der Waals surface area contributed by atoms with Crippen LogP contribution in [0.4, 0.5) is 10.1 Å². The number of halogens is 1. The molecule has 0 aliphatic carbocycles. The predicted molar refractivity (Wildman–Crippen MR) is 142 cm³/mol. The monoisotopic (exact) mass is 518 g/mol. The van der Waals surface area contributed by atoms with Crippen LogP contribution < -0.4 is 10.2 Å². The number of rotatable bonds is 7. The average Bonchev–Trinajstić information content (AvgIpc) is 2.93. The lowest BCUT2D eigenvalue weighted by molar-refractivity contribution is -0.134. The summed E-state index contributed by atoms with van der Waals surface area (Å²) in [4.78, 5) is 38.0. The second-order valence-electron chi connectivity index (χ2n) is 10.1. The number of amides is 2. The number of aldehydes is 1. The number of hydrogen-bond acceptors (Lipinski definition) is 6. The van der Waals surface area contributed by atoms with Crippen LogP contribution in [0.5, 0.6) is 0 Å². The molecule has 2 unspecified atom stereocenters. The number of likely N-dealkylation sites (N-methyl/N-ethyl adjacent to an activating group) is 1. The van der Waals surface area contributed by atoms with Crippen molar-refractivity contribution in [1.82, 2.24) is 5.32 Å². The van der Waals surface area contributed by atoms with Gasteiger partial charge in [-0.05, 0) is 59.4 Å². The number of carbonyl (C=O) groups is 3. The third kappa shape index (κ3) is 5.06. The number of fused-ring (bicyclic) bond motifs is 1. The van der Waals surface area contributed by atoms with Gasteiger partial charge in [0, 0.05) is 49.7 Å². The summed E-state index contributed by atoms with van der Waals surface area (Å²) in [5.74, 6) is -0.997. The Bertz CT molecular complexity index is 1380. The van der Waals surface area contributed by atoms with Crippen molar-refractivity contribution in [1.29, 1.82) is 0 Å². The van der Waals surface area contributed by atoms with Crippen molar-refractivity contribution in [3.05, 3.63) is 76.6 Å². The van der Waals surface area contributed by atoms with Gasteiger partial charge in [-0.15, -0.1) is 0 Å². The third-order valence-electron chi connectivity index (χ3n) is 7.84. The second-order valence-corrected chi connectivity index (χ2v) is 10.1. The summed E-state index contributed by atoms with van der Waals surface area (Å²) in [7, 11) is 1.78. The molecule has 3 aromatic carbocycles. The highest BCUT2D eigenvalue weighted by atomic mass is 19.1. The smallest absolute Gasteiger partial charge is 0.249 e. The minimum absolute atomic E-state index is 0.0496. The summed E-state index contributed by atoms with van der Waals surface area (Å²) >= 11 is 0. The van der Waals surface area contributed by atoms with Gasteiger partial charge in [0.1, 0.15) is 11.9 Å². The Hall–Kier alpha value is -3.62. The third-order valence-corrected chi connectivity index (χ3v) is 7.84. The van der Waals surface area contributed by atoms with E-state index in [0.29, 0.717) is 53.8 Å². The van der Waals surface area contributed by atoms with Crippen LogP contribution in [0.25, 0.3) is 10.8 Å². The fraction of sp³-hybridized carbons (Fsp3) is 0.367. The van der Waals surface area contributed by atoms with E-state index < -0.39 is 18.0 Å². The number of carbonyl (C=O) groups excluding carboxylic acids is 3. The molecule has 2 N–H and O–H groups in total. The topological polar surface area (TPSA) is 95.9 Å². The minimum atomic E-state index is -0.736. The molecule has 0 saturated carbocycles. The number of aliphatic hydroxyl groups is 1. The Labute approximate surface area is 220 Å². The van der Waals surface area contributed by atoms with E-state index in [0.717, 1.165) is 30.1 Å². The first kappa shape index (κ1) is 26.0. The molecule has 38 heavy (non-hydrogen) atoms. The molecule has 0 bridgehead atoms. The maximum atomic E-state index is 15.3. The van der Waals surface area contributed by atoms with Crippen LogP contribution in [0.2, 0.25) is 0 Å². The molecule has 2 fully saturated rings. The lowest BCUT2D eigenvalue weighted by atomic mass is 9.88. The Morgan fingerprint density at radius 1 is 1.11 bits per heavy atom. The summed E-state index contributed by atoms with van der Waals surface area (Å²) < 4.78 is 20.6. The van der Waals surface area contributed by atoms with Crippen molar-refractivity contribution in [2.75, 3.05) is 25.2 Å². The van der Waals surface area contributed by atoms with E-state index >= 15 is 4.39 Å². The van der Waals surface area contributed by atoms with Gasteiger partial charge in [-0.25, -0.2) is 4.39 Å². The number of nitrogens with zero attached hydrogens (tertiary/aromatic N) is 1. The molecule has 3 aromatic rings. The van der Waals surface area contributed by atoms with Crippen LogP contribution in [0, 0.1) is 11.7 Å². The van der Waals surface area contributed by atoms with E-state index in [1.165, 1.54) is 6.07 Å². The van der Waals surface area contributed by atoms with E-state index in [-0.39, 0.29) is 24.2 Å². The van der Waals surface area contributed by atoms with Crippen LogP contribution in [-0.4, -0.2) is 49.5 Å². The number of aliphatic hydroxyl groups excluding tert-OH is 1. The zero-order valence-electron chi connectivity index (χ0n) is 21.3. The molecule has 0 aromatic heterocycles. The molecule has 2 aliphatic heterocycles. The van der Waals surface area contributed by atoms with Crippen molar-refractivity contribution >= 4 is 34.6 Å². The molecule has 198 valence electrons.